The van der Waals surface area contributed by atoms with Gasteiger partial charge in [-0.3, -0.25) is 4.68 Å². The quantitative estimate of drug-likeness (QED) is 0.142. The summed E-state index contributed by atoms with van der Waals surface area (Å²) < 4.78 is 28.2. The van der Waals surface area contributed by atoms with E-state index >= 15 is 0 Å². The van der Waals surface area contributed by atoms with Crippen LogP contribution >= 0.6 is 0 Å². The number of rotatable bonds is 8. The molecule has 7 rings (SSSR count). The van der Waals surface area contributed by atoms with Crippen LogP contribution in [0.1, 0.15) is 58.5 Å². The number of aromatic nitrogens is 4. The van der Waals surface area contributed by atoms with Crippen LogP contribution in [0.15, 0.2) is 85.1 Å². The summed E-state index contributed by atoms with van der Waals surface area (Å²) >= 11 is 0. The van der Waals surface area contributed by atoms with E-state index in [9.17, 15) is 0 Å². The summed E-state index contributed by atoms with van der Waals surface area (Å²) in [5, 5.41) is 7.52. The third-order valence-electron chi connectivity index (χ3n) is 9.16. The van der Waals surface area contributed by atoms with Gasteiger partial charge in [0.25, 0.3) is 0 Å². The predicted molar refractivity (Wildman–Crippen MR) is 207 cm³/mol. The van der Waals surface area contributed by atoms with Gasteiger partial charge in [0.2, 0.25) is 0 Å². The van der Waals surface area contributed by atoms with E-state index in [1.165, 1.54) is 0 Å². The average Bonchev–Trinajstić information content (AvgIpc) is 3.68. The maximum absolute atomic E-state index is 6.53. The molecule has 274 valence electrons. The molecule has 3 heterocycles. The number of methoxy groups -OCH3 is 3. The number of ether oxygens (including phenoxy) is 4. The fraction of sp³-hybridized carbons (Fsp3) is 0.273. The van der Waals surface area contributed by atoms with Gasteiger partial charge >= 0.3 is 21.1 Å². The van der Waals surface area contributed by atoms with Crippen LogP contribution in [0.3, 0.4) is 0 Å². The molecule has 0 saturated heterocycles. The van der Waals surface area contributed by atoms with Crippen molar-refractivity contribution in [2.24, 2.45) is 0 Å². The molecule has 9 heteroatoms. The number of nitrogens with zero attached hydrogens (tertiary/aromatic N) is 4. The summed E-state index contributed by atoms with van der Waals surface area (Å²) in [5.74, 6) is 3.85. The van der Waals surface area contributed by atoms with Gasteiger partial charge in [-0.05, 0) is 41.8 Å². The predicted octanol–water partition coefficient (Wildman–Crippen LogP) is 10.4. The van der Waals surface area contributed by atoms with Gasteiger partial charge in [-0.25, -0.2) is 4.98 Å². The molecule has 0 aliphatic carbocycles. The normalized spacial score (nSPS) is 11.8. The molecule has 0 atom stereocenters. The molecule has 0 fully saturated rings. The molecule has 8 nitrogen and oxygen atoms in total. The summed E-state index contributed by atoms with van der Waals surface area (Å²) in [7, 11) is 4.96. The van der Waals surface area contributed by atoms with Crippen molar-refractivity contribution < 1.29 is 40.0 Å². The van der Waals surface area contributed by atoms with Crippen LogP contribution in [-0.4, -0.2) is 40.7 Å². The molecule has 0 amide bonds. The first kappa shape index (κ1) is 37.7. The summed E-state index contributed by atoms with van der Waals surface area (Å²) in [6, 6.07) is 33.2. The molecule has 0 aliphatic rings. The van der Waals surface area contributed by atoms with Crippen LogP contribution in [0.25, 0.3) is 44.4 Å². The van der Waals surface area contributed by atoms with E-state index in [2.05, 4.69) is 95.5 Å². The minimum absolute atomic E-state index is 0. The molecular formula is C44H44N4O4Pt. The Morgan fingerprint density at radius 2 is 1.38 bits per heavy atom. The van der Waals surface area contributed by atoms with Gasteiger partial charge in [-0.1, -0.05) is 65.3 Å². The zero-order valence-electron chi connectivity index (χ0n) is 31.8. The van der Waals surface area contributed by atoms with E-state index in [0.29, 0.717) is 28.7 Å². The van der Waals surface area contributed by atoms with Crippen LogP contribution in [0.2, 0.25) is 0 Å². The number of hydrogen-bond acceptors (Lipinski definition) is 6. The maximum Gasteiger partial charge on any atom is 2.00 e. The topological polar surface area (TPSA) is 72.6 Å². The second-order valence-corrected chi connectivity index (χ2v) is 15.0. The zero-order chi connectivity index (χ0) is 36.9. The molecule has 4 aromatic carbocycles. The average molecular weight is 888 g/mol. The second-order valence-electron chi connectivity index (χ2n) is 15.0. The first-order chi connectivity index (χ1) is 24.8. The van der Waals surface area contributed by atoms with Crippen LogP contribution in [0, 0.1) is 19.1 Å². The minimum atomic E-state index is -0.359. The molecule has 0 radical (unpaired) electrons. The van der Waals surface area contributed by atoms with E-state index in [1.807, 2.05) is 59.4 Å². The van der Waals surface area contributed by atoms with E-state index in [-0.39, 0.29) is 31.9 Å². The number of benzene rings is 4. The molecule has 0 aliphatic heterocycles. The Balaban J connectivity index is 0.00000481. The van der Waals surface area contributed by atoms with Gasteiger partial charge < -0.3 is 23.5 Å². The maximum atomic E-state index is 6.53. The van der Waals surface area contributed by atoms with Gasteiger partial charge in [-0.2, -0.15) is 17.2 Å². The molecule has 0 saturated carbocycles. The fourth-order valence-corrected chi connectivity index (χ4v) is 6.85. The third kappa shape index (κ3) is 6.93. The first-order valence-corrected chi connectivity index (χ1v) is 17.4. The summed E-state index contributed by atoms with van der Waals surface area (Å²) in [4.78, 5) is 4.71. The van der Waals surface area contributed by atoms with Crippen molar-refractivity contribution in [3.8, 4) is 51.4 Å². The van der Waals surface area contributed by atoms with Crippen LogP contribution in [0.5, 0.6) is 28.7 Å². The van der Waals surface area contributed by atoms with Crippen molar-refractivity contribution in [1.82, 2.24) is 19.3 Å². The number of hydrogen-bond donors (Lipinski definition) is 0. The van der Waals surface area contributed by atoms with Crippen molar-refractivity contribution in [3.63, 3.8) is 0 Å². The summed E-state index contributed by atoms with van der Waals surface area (Å²) in [6.07, 6.45) is 1.84. The Bertz CT molecular complexity index is 2420. The minimum Gasteiger partial charge on any atom is -0.509 e. The fourth-order valence-electron chi connectivity index (χ4n) is 6.85. The van der Waals surface area contributed by atoms with Gasteiger partial charge in [-0.15, -0.1) is 35.7 Å². The van der Waals surface area contributed by atoms with E-state index in [4.69, 9.17) is 29.0 Å². The molecule has 0 N–H and O–H groups in total. The number of aryl methyl sites for hydroxylation is 1. The molecule has 0 bridgehead atoms. The van der Waals surface area contributed by atoms with Crippen molar-refractivity contribution in [2.75, 3.05) is 21.3 Å². The van der Waals surface area contributed by atoms with Gasteiger partial charge in [0.1, 0.15) is 23.1 Å². The number of pyridine rings is 1. The van der Waals surface area contributed by atoms with Gasteiger partial charge in [0, 0.05) is 51.7 Å². The summed E-state index contributed by atoms with van der Waals surface area (Å²) in [5.41, 5.74) is 6.77. The van der Waals surface area contributed by atoms with Crippen molar-refractivity contribution in [3.05, 3.63) is 114 Å². The van der Waals surface area contributed by atoms with Gasteiger partial charge in [0.05, 0.1) is 38.3 Å². The van der Waals surface area contributed by atoms with Crippen LogP contribution in [0.4, 0.5) is 0 Å². The molecule has 7 aromatic rings. The zero-order valence-corrected chi connectivity index (χ0v) is 34.1. The number of para-hydroxylation sites is 1. The van der Waals surface area contributed by atoms with Crippen molar-refractivity contribution >= 4 is 21.8 Å². The largest absolute Gasteiger partial charge is 2.00 e. The van der Waals surface area contributed by atoms with E-state index in [0.717, 1.165) is 61.4 Å². The Kier molecular flexibility index (Phi) is 10.2. The van der Waals surface area contributed by atoms with Crippen molar-refractivity contribution in [1.29, 1.82) is 0 Å². The number of fused-ring (bicyclic) bond motifs is 3. The Labute approximate surface area is 325 Å². The van der Waals surface area contributed by atoms with Crippen LogP contribution < -0.4 is 18.9 Å². The first-order valence-electron chi connectivity index (χ1n) is 17.4. The van der Waals surface area contributed by atoms with Crippen molar-refractivity contribution in [2.45, 2.75) is 59.3 Å². The summed E-state index contributed by atoms with van der Waals surface area (Å²) in [6.45, 7) is 15.1. The van der Waals surface area contributed by atoms with Crippen LogP contribution in [-0.2, 0) is 31.9 Å². The molecular weight excluding hydrogens is 844 g/mol. The van der Waals surface area contributed by atoms with E-state index < -0.39 is 0 Å². The molecule has 0 spiro atoms. The monoisotopic (exact) mass is 887 g/mol. The molecule has 3 aromatic heterocycles. The SMILES string of the molecule is COc1cc(OC)c(-c2c(C(C)(C)C)nn(-c3[c-]c(Oc4[c-]c5c(cc4)c4ccccc4n5-c4cc(C)ccn4)ccc3)c2C(C)(C)C)c(OC)c1.[Pt+2]. The molecule has 0 unspecified atom stereocenters. The van der Waals surface area contributed by atoms with Gasteiger partial charge in [0.15, 0.2) is 0 Å². The second kappa shape index (κ2) is 14.4. The Hall–Kier alpha value is -5.07. The Morgan fingerprint density at radius 3 is 2.02 bits per heavy atom. The van der Waals surface area contributed by atoms with E-state index in [1.54, 1.807) is 21.3 Å². The standard InChI is InChI=1S/C44H44N4O4.Pt/c1-27-20-21-45-38(22-27)47-34-17-12-11-16-32(34)33-19-18-30(24-35(33)47)52-29-15-13-14-28(23-29)48-42(44(5,6)7)40(41(46-48)43(2,3)4)39-36(50-9)25-31(49-8)26-37(39)51-10;/h11-22,25-26H,1-10H3;/q-2;+2. The smallest absolute Gasteiger partial charge is 0.509 e. The third-order valence-corrected chi connectivity index (χ3v) is 9.16. The molecule has 53 heavy (non-hydrogen) atoms. The Morgan fingerprint density at radius 1 is 0.679 bits per heavy atom.